The topological polar surface area (TPSA) is 78.8 Å². The molecule has 0 aliphatic rings. The summed E-state index contributed by atoms with van der Waals surface area (Å²) >= 11 is 0. The number of carbonyl (C=O) groups is 1. The summed E-state index contributed by atoms with van der Waals surface area (Å²) in [5.41, 5.74) is 2.08. The van der Waals surface area contributed by atoms with Crippen LogP contribution in [0.4, 0.5) is 0 Å². The number of carbonyl (C=O) groups excluding carboxylic acids is 1. The van der Waals surface area contributed by atoms with E-state index in [0.717, 1.165) is 11.1 Å². The molecule has 0 aliphatic carbocycles. The van der Waals surface area contributed by atoms with Crippen molar-refractivity contribution in [2.45, 2.75) is 12.6 Å². The Hall–Kier alpha value is -3.09. The molecule has 0 heterocycles. The van der Waals surface area contributed by atoms with Crippen molar-refractivity contribution < 1.29 is 19.6 Å². The molecule has 1 unspecified atom stereocenters. The summed E-state index contributed by atoms with van der Waals surface area (Å²) in [4.78, 5) is 12.8. The molecule has 5 nitrogen and oxygen atoms in total. The highest BCUT2D eigenvalue weighted by atomic mass is 16.5. The number of nitrogens with one attached hydrogen (secondary N) is 1. The lowest BCUT2D eigenvalue weighted by molar-refractivity contribution is -0.128. The highest BCUT2D eigenvalue weighted by Crippen LogP contribution is 2.22. The normalized spacial score (nSPS) is 11.5. The maximum Gasteiger partial charge on any atom is 0.488 e. The van der Waals surface area contributed by atoms with Crippen LogP contribution < -0.4 is 15.5 Å². The molecule has 6 heteroatoms. The van der Waals surface area contributed by atoms with Gasteiger partial charge in [-0.05, 0) is 23.2 Å². The van der Waals surface area contributed by atoms with Crippen LogP contribution in [0.1, 0.15) is 17.2 Å². The van der Waals surface area contributed by atoms with Gasteiger partial charge in [-0.2, -0.15) is 0 Å². The van der Waals surface area contributed by atoms with Crippen LogP contribution in [-0.4, -0.2) is 23.1 Å². The van der Waals surface area contributed by atoms with E-state index in [-0.39, 0.29) is 5.91 Å². The first-order valence-corrected chi connectivity index (χ1v) is 8.63. The van der Waals surface area contributed by atoms with E-state index in [4.69, 9.17) is 4.74 Å². The fraction of sp³-hybridized carbons (Fsp3) is 0.0952. The van der Waals surface area contributed by atoms with E-state index in [2.05, 4.69) is 5.32 Å². The molecular weight excluding hydrogens is 341 g/mol. The van der Waals surface area contributed by atoms with Crippen molar-refractivity contribution in [3.63, 3.8) is 0 Å². The van der Waals surface area contributed by atoms with Crippen molar-refractivity contribution in [2.75, 3.05) is 0 Å². The molecule has 0 saturated heterocycles. The van der Waals surface area contributed by atoms with E-state index in [1.807, 2.05) is 60.7 Å². The van der Waals surface area contributed by atoms with Crippen molar-refractivity contribution in [1.29, 1.82) is 0 Å². The maximum absolute atomic E-state index is 12.8. The Morgan fingerprint density at radius 3 is 2.07 bits per heavy atom. The average Bonchev–Trinajstić information content (AvgIpc) is 2.72. The third kappa shape index (κ3) is 5.20. The van der Waals surface area contributed by atoms with E-state index in [9.17, 15) is 14.8 Å². The van der Waals surface area contributed by atoms with Gasteiger partial charge in [0.15, 0.2) is 0 Å². The zero-order valence-corrected chi connectivity index (χ0v) is 14.7. The molecule has 0 aromatic heterocycles. The van der Waals surface area contributed by atoms with Crippen LogP contribution in [0.5, 0.6) is 5.75 Å². The van der Waals surface area contributed by atoms with Gasteiger partial charge in [-0.1, -0.05) is 72.8 Å². The van der Waals surface area contributed by atoms with Crippen LogP contribution in [0, 0.1) is 0 Å². The first-order valence-electron chi connectivity index (χ1n) is 8.63. The summed E-state index contributed by atoms with van der Waals surface area (Å²) in [6, 6.07) is 25.2. The smallest absolute Gasteiger partial charge is 0.476 e. The van der Waals surface area contributed by atoms with Gasteiger partial charge in [-0.25, -0.2) is 0 Å². The first kappa shape index (κ1) is 18.7. The van der Waals surface area contributed by atoms with Gasteiger partial charge in [-0.15, -0.1) is 0 Å². The average molecular weight is 361 g/mol. The Labute approximate surface area is 158 Å². The second kappa shape index (κ2) is 9.03. The Morgan fingerprint density at radius 2 is 1.48 bits per heavy atom. The van der Waals surface area contributed by atoms with E-state index in [1.165, 1.54) is 0 Å². The quantitative estimate of drug-likeness (QED) is 0.561. The maximum atomic E-state index is 12.8. The SMILES string of the molecule is O=C(NCc1ccccc1)C(Oc1ccc(B(O)O)cc1)c1ccccc1. The van der Waals surface area contributed by atoms with E-state index >= 15 is 0 Å². The predicted octanol–water partition coefficient (Wildman–Crippen LogP) is 1.80. The number of benzene rings is 3. The summed E-state index contributed by atoms with van der Waals surface area (Å²) in [6.45, 7) is 0.405. The third-order valence-electron chi connectivity index (χ3n) is 4.08. The van der Waals surface area contributed by atoms with E-state index in [1.54, 1.807) is 24.3 Å². The summed E-state index contributed by atoms with van der Waals surface area (Å²) in [5, 5.41) is 21.3. The van der Waals surface area contributed by atoms with Crippen LogP contribution in [-0.2, 0) is 11.3 Å². The van der Waals surface area contributed by atoms with Gasteiger partial charge in [0.2, 0.25) is 6.10 Å². The standard InChI is InChI=1S/C21H20BNO4/c24-21(23-15-16-7-3-1-4-8-16)20(17-9-5-2-6-10-17)27-19-13-11-18(12-14-19)22(25)26/h1-14,20,25-26H,15H2,(H,23,24). The minimum Gasteiger partial charge on any atom is -0.476 e. The molecule has 0 saturated carbocycles. The van der Waals surface area contributed by atoms with Gasteiger partial charge in [0.05, 0.1) is 0 Å². The lowest BCUT2D eigenvalue weighted by Gasteiger charge is -2.19. The fourth-order valence-corrected chi connectivity index (χ4v) is 2.63. The monoisotopic (exact) mass is 361 g/mol. The molecule has 27 heavy (non-hydrogen) atoms. The molecule has 0 aliphatic heterocycles. The Morgan fingerprint density at radius 1 is 0.889 bits per heavy atom. The Bertz CT molecular complexity index is 854. The van der Waals surface area contributed by atoms with Crippen LogP contribution in [0.2, 0.25) is 0 Å². The summed E-state index contributed by atoms with van der Waals surface area (Å²) in [7, 11) is -1.54. The lowest BCUT2D eigenvalue weighted by atomic mass is 9.80. The Kier molecular flexibility index (Phi) is 6.25. The highest BCUT2D eigenvalue weighted by Gasteiger charge is 2.22. The van der Waals surface area contributed by atoms with Crippen LogP contribution in [0.25, 0.3) is 0 Å². The molecule has 1 atom stereocenters. The fourth-order valence-electron chi connectivity index (χ4n) is 2.63. The van der Waals surface area contributed by atoms with Gasteiger partial charge < -0.3 is 20.1 Å². The zero-order chi connectivity index (χ0) is 19.1. The lowest BCUT2D eigenvalue weighted by Crippen LogP contribution is -2.32. The molecular formula is C21H20BNO4. The molecule has 0 bridgehead atoms. The van der Waals surface area contributed by atoms with E-state index in [0.29, 0.717) is 17.8 Å². The van der Waals surface area contributed by atoms with Crippen LogP contribution in [0.15, 0.2) is 84.9 Å². The predicted molar refractivity (Wildman–Crippen MR) is 104 cm³/mol. The van der Waals surface area contributed by atoms with Crippen molar-refractivity contribution in [3.05, 3.63) is 96.1 Å². The highest BCUT2D eigenvalue weighted by molar-refractivity contribution is 6.58. The molecule has 1 amide bonds. The van der Waals surface area contributed by atoms with Gasteiger partial charge in [-0.3, -0.25) is 4.79 Å². The molecule has 3 rings (SSSR count). The number of rotatable bonds is 7. The van der Waals surface area contributed by atoms with Gasteiger partial charge in [0.25, 0.3) is 5.91 Å². The summed E-state index contributed by atoms with van der Waals surface area (Å²) in [6.07, 6.45) is -0.820. The Balaban J connectivity index is 1.75. The number of hydrogen-bond donors (Lipinski definition) is 3. The first-order chi connectivity index (χ1) is 13.1. The number of ether oxygens (including phenoxy) is 1. The number of amides is 1. The van der Waals surface area contributed by atoms with Crippen LogP contribution >= 0.6 is 0 Å². The van der Waals surface area contributed by atoms with Crippen molar-refractivity contribution in [2.24, 2.45) is 0 Å². The van der Waals surface area contributed by atoms with Crippen LogP contribution in [0.3, 0.4) is 0 Å². The second-order valence-electron chi connectivity index (χ2n) is 6.05. The van der Waals surface area contributed by atoms with Gasteiger partial charge in [0.1, 0.15) is 5.75 Å². The summed E-state index contributed by atoms with van der Waals surface area (Å²) < 4.78 is 5.91. The molecule has 3 N–H and O–H groups in total. The minimum absolute atomic E-state index is 0.253. The molecule has 0 fully saturated rings. The third-order valence-corrected chi connectivity index (χ3v) is 4.08. The largest absolute Gasteiger partial charge is 0.488 e. The molecule has 0 spiro atoms. The minimum atomic E-state index is -1.54. The molecule has 3 aromatic rings. The van der Waals surface area contributed by atoms with Gasteiger partial charge in [0, 0.05) is 12.1 Å². The van der Waals surface area contributed by atoms with Crippen molar-refractivity contribution >= 4 is 18.5 Å². The summed E-state index contributed by atoms with van der Waals surface area (Å²) in [5.74, 6) is 0.208. The van der Waals surface area contributed by atoms with Gasteiger partial charge >= 0.3 is 7.12 Å². The van der Waals surface area contributed by atoms with Crippen molar-refractivity contribution in [1.82, 2.24) is 5.32 Å². The molecule has 136 valence electrons. The molecule has 3 aromatic carbocycles. The zero-order valence-electron chi connectivity index (χ0n) is 14.7. The number of hydrogen-bond acceptors (Lipinski definition) is 4. The van der Waals surface area contributed by atoms with E-state index < -0.39 is 13.2 Å². The van der Waals surface area contributed by atoms with Crippen molar-refractivity contribution in [3.8, 4) is 5.75 Å². The second-order valence-corrected chi connectivity index (χ2v) is 6.05. The molecule has 0 radical (unpaired) electrons.